The maximum absolute atomic E-state index is 10.7. The average Bonchev–Trinajstić information content (AvgIpc) is 1.87. The molecule has 1 amide bonds. The van der Waals surface area contributed by atoms with Gasteiger partial charge in [-0.2, -0.15) is 0 Å². The molecule has 1 radical (unpaired) electrons. The standard InChI is InChI=1S/C4H7N2O3SSe/c5-1(10)2(7)6-3(11)4(8)9/h1,3,10H,5H2,(H,6,7)(H,8,9)/t1-,3-/m0/s1. The molecular formula is C4H7N2O3SSe. The van der Waals surface area contributed by atoms with Gasteiger partial charge in [0.05, 0.1) is 0 Å². The molecule has 2 atom stereocenters. The molecule has 0 aliphatic heterocycles. The Hall–Kier alpha value is -0.231. The van der Waals surface area contributed by atoms with Crippen molar-refractivity contribution in [1.29, 1.82) is 0 Å². The van der Waals surface area contributed by atoms with Crippen LogP contribution in [0.1, 0.15) is 0 Å². The first kappa shape index (κ1) is 10.8. The second-order valence-electron chi connectivity index (χ2n) is 1.67. The van der Waals surface area contributed by atoms with Crippen molar-refractivity contribution >= 4 is 40.5 Å². The van der Waals surface area contributed by atoms with E-state index >= 15 is 0 Å². The van der Waals surface area contributed by atoms with Crippen LogP contribution in [0.3, 0.4) is 0 Å². The fourth-order valence-corrected chi connectivity index (χ4v) is 0.595. The molecular weight excluding hydrogens is 235 g/mol. The molecule has 0 aromatic heterocycles. The van der Waals surface area contributed by atoms with Crippen LogP contribution in [0.4, 0.5) is 0 Å². The maximum atomic E-state index is 10.7. The molecule has 0 saturated heterocycles. The number of hydrogen-bond acceptors (Lipinski definition) is 4. The number of carbonyl (C=O) groups is 2. The van der Waals surface area contributed by atoms with Gasteiger partial charge in [-0.05, 0) is 0 Å². The Labute approximate surface area is 76.9 Å². The van der Waals surface area contributed by atoms with Crippen LogP contribution in [-0.2, 0) is 9.59 Å². The quantitative estimate of drug-likeness (QED) is 0.259. The first-order valence-corrected chi connectivity index (χ1v) is 4.08. The first-order chi connectivity index (χ1) is 4.95. The predicted molar refractivity (Wildman–Crippen MR) is 42.3 cm³/mol. The number of hydrogen-bond donors (Lipinski definition) is 4. The summed E-state index contributed by atoms with van der Waals surface area (Å²) in [7, 11) is 0. The predicted octanol–water partition coefficient (Wildman–Crippen LogP) is -2.10. The monoisotopic (exact) mass is 243 g/mol. The third kappa shape index (κ3) is 4.26. The van der Waals surface area contributed by atoms with Crippen LogP contribution in [0, 0.1) is 0 Å². The number of nitrogens with two attached hydrogens (primary N) is 1. The van der Waals surface area contributed by atoms with Crippen molar-refractivity contribution in [1.82, 2.24) is 5.32 Å². The normalized spacial score (nSPS) is 15.2. The number of nitrogens with one attached hydrogen (secondary N) is 1. The summed E-state index contributed by atoms with van der Waals surface area (Å²) in [5, 5.41) is 9.39. The van der Waals surface area contributed by atoms with Gasteiger partial charge in [0.15, 0.2) is 0 Å². The molecule has 5 nitrogen and oxygen atoms in total. The Kier molecular flexibility index (Phi) is 4.51. The molecule has 0 aromatic carbocycles. The first-order valence-electron chi connectivity index (χ1n) is 2.58. The van der Waals surface area contributed by atoms with Gasteiger partial charge in [0.1, 0.15) is 0 Å². The topological polar surface area (TPSA) is 92.4 Å². The van der Waals surface area contributed by atoms with Gasteiger partial charge in [0.2, 0.25) is 0 Å². The summed E-state index contributed by atoms with van der Waals surface area (Å²) < 4.78 is 0. The van der Waals surface area contributed by atoms with Crippen LogP contribution in [0.2, 0.25) is 0 Å². The number of carboxylic acids is 1. The molecule has 0 saturated carbocycles. The van der Waals surface area contributed by atoms with Crippen molar-refractivity contribution in [3.63, 3.8) is 0 Å². The number of carbonyl (C=O) groups excluding carboxylic acids is 1. The zero-order valence-electron chi connectivity index (χ0n) is 5.35. The Bertz CT molecular complexity index is 175. The molecule has 4 N–H and O–H groups in total. The number of thiol groups is 1. The summed E-state index contributed by atoms with van der Waals surface area (Å²) in [5.41, 5.74) is 5.03. The van der Waals surface area contributed by atoms with Crippen LogP contribution in [0.5, 0.6) is 0 Å². The fraction of sp³-hybridized carbons (Fsp3) is 0.500. The van der Waals surface area contributed by atoms with Gasteiger partial charge in [-0.1, -0.05) is 0 Å². The van der Waals surface area contributed by atoms with Gasteiger partial charge in [-0.3, -0.25) is 0 Å². The number of rotatable bonds is 3. The van der Waals surface area contributed by atoms with Crippen molar-refractivity contribution in [3.05, 3.63) is 0 Å². The van der Waals surface area contributed by atoms with E-state index in [2.05, 4.69) is 34.0 Å². The van der Waals surface area contributed by atoms with E-state index in [4.69, 9.17) is 10.8 Å². The van der Waals surface area contributed by atoms with Crippen LogP contribution < -0.4 is 11.1 Å². The second-order valence-corrected chi connectivity index (χ2v) is 3.22. The molecule has 0 unspecified atom stereocenters. The molecule has 0 aromatic rings. The van der Waals surface area contributed by atoms with E-state index in [1.165, 1.54) is 0 Å². The Balaban J connectivity index is 3.85. The van der Waals surface area contributed by atoms with Gasteiger partial charge in [-0.25, -0.2) is 0 Å². The summed E-state index contributed by atoms with van der Waals surface area (Å²) in [4.78, 5) is 19.8. The zero-order chi connectivity index (χ0) is 9.02. The van der Waals surface area contributed by atoms with E-state index in [-0.39, 0.29) is 0 Å². The molecule has 11 heavy (non-hydrogen) atoms. The van der Waals surface area contributed by atoms with E-state index in [1.807, 2.05) is 0 Å². The van der Waals surface area contributed by atoms with Crippen molar-refractivity contribution in [2.24, 2.45) is 5.73 Å². The molecule has 0 rings (SSSR count). The summed E-state index contributed by atoms with van der Waals surface area (Å²) in [6.07, 6.45) is 0. The summed E-state index contributed by atoms with van der Waals surface area (Å²) in [6.45, 7) is 0. The minimum atomic E-state index is -1.16. The number of amides is 1. The van der Waals surface area contributed by atoms with Crippen LogP contribution in [0.25, 0.3) is 0 Å². The fourth-order valence-electron chi connectivity index (χ4n) is 0.276. The molecule has 0 fully saturated rings. The van der Waals surface area contributed by atoms with Gasteiger partial charge in [0.25, 0.3) is 0 Å². The average molecular weight is 242 g/mol. The van der Waals surface area contributed by atoms with E-state index in [0.29, 0.717) is 0 Å². The van der Waals surface area contributed by atoms with Crippen molar-refractivity contribution < 1.29 is 14.7 Å². The molecule has 0 aliphatic rings. The van der Waals surface area contributed by atoms with Gasteiger partial charge >= 0.3 is 76.6 Å². The minimum absolute atomic E-state index is 0.625. The van der Waals surface area contributed by atoms with Crippen LogP contribution >= 0.6 is 12.6 Å². The Morgan fingerprint density at radius 1 is 1.64 bits per heavy atom. The molecule has 0 aliphatic carbocycles. The van der Waals surface area contributed by atoms with Crippen molar-refractivity contribution in [3.8, 4) is 0 Å². The molecule has 0 bridgehead atoms. The number of aliphatic carboxylic acids is 1. The SMILES string of the molecule is N[C@@H](S)C(=O)N[C@@H]([Se])C(=O)O. The van der Waals surface area contributed by atoms with Gasteiger partial charge < -0.3 is 0 Å². The van der Waals surface area contributed by atoms with E-state index in [0.717, 1.165) is 0 Å². The third-order valence-corrected chi connectivity index (χ3v) is 1.67. The number of carboxylic acid groups (broad SMARTS) is 1. The van der Waals surface area contributed by atoms with Gasteiger partial charge in [0, 0.05) is 0 Å². The molecule has 63 valence electrons. The summed E-state index contributed by atoms with van der Waals surface area (Å²) in [5.74, 6) is -1.79. The molecule has 0 spiro atoms. The Morgan fingerprint density at radius 2 is 2.09 bits per heavy atom. The zero-order valence-corrected chi connectivity index (χ0v) is 7.96. The summed E-state index contributed by atoms with van der Waals surface area (Å²) in [6, 6.07) is 0. The van der Waals surface area contributed by atoms with E-state index in [1.54, 1.807) is 0 Å². The van der Waals surface area contributed by atoms with Crippen LogP contribution in [-0.4, -0.2) is 43.3 Å². The molecule has 0 heterocycles. The van der Waals surface area contributed by atoms with Crippen molar-refractivity contribution in [2.45, 2.75) is 10.3 Å². The van der Waals surface area contributed by atoms with Crippen LogP contribution in [0.15, 0.2) is 0 Å². The summed E-state index contributed by atoms with van der Waals surface area (Å²) >= 11 is 5.84. The van der Waals surface area contributed by atoms with Crippen molar-refractivity contribution in [2.75, 3.05) is 0 Å². The molecule has 7 heteroatoms. The second kappa shape index (κ2) is 4.61. The van der Waals surface area contributed by atoms with Gasteiger partial charge in [-0.15, -0.1) is 0 Å². The Morgan fingerprint density at radius 3 is 2.36 bits per heavy atom. The van der Waals surface area contributed by atoms with E-state index in [9.17, 15) is 9.59 Å². The van der Waals surface area contributed by atoms with E-state index < -0.39 is 22.2 Å². The third-order valence-electron chi connectivity index (χ3n) is 0.766.